The molecule has 10 heteroatoms. The van der Waals surface area contributed by atoms with Crippen LogP contribution in [0.5, 0.6) is 0 Å². The smallest absolute Gasteiger partial charge is 0.255 e. The zero-order chi connectivity index (χ0) is 32.4. The fourth-order valence-corrected chi connectivity index (χ4v) is 7.32. The van der Waals surface area contributed by atoms with Gasteiger partial charge < -0.3 is 25.0 Å². The topological polar surface area (TPSA) is 88.8 Å². The van der Waals surface area contributed by atoms with Crippen LogP contribution in [0.2, 0.25) is 10.0 Å². The number of H-pyrrole nitrogens is 1. The summed E-state index contributed by atoms with van der Waals surface area (Å²) in [6.07, 6.45) is 4.10. The molecule has 1 aromatic heterocycles. The number of rotatable bonds is 8. The maximum Gasteiger partial charge on any atom is 0.255 e. The number of aromatic amines is 1. The van der Waals surface area contributed by atoms with Crippen molar-refractivity contribution in [3.63, 3.8) is 0 Å². The van der Waals surface area contributed by atoms with Crippen molar-refractivity contribution in [2.75, 3.05) is 45.2 Å². The molecule has 1 saturated heterocycles. The Labute approximate surface area is 279 Å². The van der Waals surface area contributed by atoms with E-state index in [1.807, 2.05) is 67.7 Å². The molecule has 3 amide bonds. The summed E-state index contributed by atoms with van der Waals surface area (Å²) in [5, 5.41) is 5.25. The molecule has 2 N–H and O–H groups in total. The van der Waals surface area contributed by atoms with E-state index in [1.165, 1.54) is 0 Å². The SMILES string of the molecule is CN(C)C[C@@H]1Cc2cc(Cl)ccc2N(C(=O)[C@@H](Cc2c[nH]c3ccccc23)NC(=O)C2CCN(C(=O)c3ccccc3Cl)CC2)C1. The van der Waals surface area contributed by atoms with Crippen molar-refractivity contribution in [2.45, 2.75) is 31.7 Å². The highest BCUT2D eigenvalue weighted by Crippen LogP contribution is 2.33. The van der Waals surface area contributed by atoms with Gasteiger partial charge in [0.2, 0.25) is 11.8 Å². The molecule has 2 aliphatic heterocycles. The van der Waals surface area contributed by atoms with Crippen molar-refractivity contribution in [1.29, 1.82) is 0 Å². The van der Waals surface area contributed by atoms with E-state index in [4.69, 9.17) is 23.2 Å². The van der Waals surface area contributed by atoms with E-state index in [1.54, 1.807) is 29.2 Å². The van der Waals surface area contributed by atoms with Gasteiger partial charge in [0.1, 0.15) is 6.04 Å². The quantitative estimate of drug-likeness (QED) is 0.249. The number of amides is 3. The normalized spacial score (nSPS) is 17.6. The Morgan fingerprint density at radius 1 is 1.00 bits per heavy atom. The summed E-state index contributed by atoms with van der Waals surface area (Å²) in [5.74, 6) is -0.539. The number of piperidine rings is 1. The third-order valence-electron chi connectivity index (χ3n) is 9.14. The molecule has 2 aliphatic rings. The van der Waals surface area contributed by atoms with Gasteiger partial charge in [-0.2, -0.15) is 0 Å². The molecule has 0 bridgehead atoms. The zero-order valence-corrected chi connectivity index (χ0v) is 27.7. The second kappa shape index (κ2) is 13.9. The van der Waals surface area contributed by atoms with Gasteiger partial charge in [0, 0.05) is 66.3 Å². The fraction of sp³-hybridized carbons (Fsp3) is 0.361. The molecule has 46 heavy (non-hydrogen) atoms. The van der Waals surface area contributed by atoms with E-state index < -0.39 is 6.04 Å². The Balaban J connectivity index is 1.23. The van der Waals surface area contributed by atoms with Gasteiger partial charge in [-0.15, -0.1) is 0 Å². The molecule has 240 valence electrons. The average Bonchev–Trinajstić information content (AvgIpc) is 3.46. The number of halogens is 2. The van der Waals surface area contributed by atoms with E-state index in [0.29, 0.717) is 54.5 Å². The first-order chi connectivity index (χ1) is 22.2. The standard InChI is InChI=1S/C36H39Cl2N5O3/c1-41(2)21-23-17-25-18-27(37)11-12-33(25)43(22-23)36(46)32(19-26-20-39-31-10-6-4-7-28(26)31)40-34(44)24-13-15-42(16-14-24)35(45)29-8-3-5-9-30(29)38/h3-12,18,20,23-24,32,39H,13-17,19,21-22H2,1-2H3,(H,40,44)/t23-,32+/m0/s1. The summed E-state index contributed by atoms with van der Waals surface area (Å²) in [4.78, 5) is 50.6. The van der Waals surface area contributed by atoms with Gasteiger partial charge in [0.05, 0.1) is 10.6 Å². The van der Waals surface area contributed by atoms with Gasteiger partial charge in [0.25, 0.3) is 5.91 Å². The number of para-hydroxylation sites is 1. The summed E-state index contributed by atoms with van der Waals surface area (Å²) in [6, 6.07) is 19.9. The summed E-state index contributed by atoms with van der Waals surface area (Å²) in [6.45, 7) is 2.25. The summed E-state index contributed by atoms with van der Waals surface area (Å²) >= 11 is 12.7. The Hall–Kier alpha value is -3.85. The highest BCUT2D eigenvalue weighted by molar-refractivity contribution is 6.33. The van der Waals surface area contributed by atoms with Crippen LogP contribution in [0.3, 0.4) is 0 Å². The van der Waals surface area contributed by atoms with Gasteiger partial charge in [0.15, 0.2) is 0 Å². The summed E-state index contributed by atoms with van der Waals surface area (Å²) in [7, 11) is 4.07. The number of likely N-dealkylation sites (tertiary alicyclic amines) is 1. The first-order valence-electron chi connectivity index (χ1n) is 15.8. The molecule has 0 spiro atoms. The molecule has 0 saturated carbocycles. The number of fused-ring (bicyclic) bond motifs is 2. The molecule has 3 aromatic carbocycles. The Morgan fingerprint density at radius 2 is 1.74 bits per heavy atom. The van der Waals surface area contributed by atoms with E-state index in [2.05, 4.69) is 15.2 Å². The van der Waals surface area contributed by atoms with Crippen LogP contribution in [0.15, 0.2) is 72.9 Å². The predicted molar refractivity (Wildman–Crippen MR) is 184 cm³/mol. The lowest BCUT2D eigenvalue weighted by Crippen LogP contribution is -2.54. The lowest BCUT2D eigenvalue weighted by Gasteiger charge is -2.38. The van der Waals surface area contributed by atoms with Crippen LogP contribution in [0.25, 0.3) is 10.9 Å². The molecule has 3 heterocycles. The third kappa shape index (κ3) is 6.94. The van der Waals surface area contributed by atoms with E-state index >= 15 is 0 Å². The molecular weight excluding hydrogens is 621 g/mol. The van der Waals surface area contributed by atoms with E-state index in [9.17, 15) is 14.4 Å². The van der Waals surface area contributed by atoms with Crippen LogP contribution in [0, 0.1) is 11.8 Å². The van der Waals surface area contributed by atoms with Gasteiger partial charge >= 0.3 is 0 Å². The minimum Gasteiger partial charge on any atom is -0.361 e. The molecular formula is C36H39Cl2N5O3. The molecule has 0 radical (unpaired) electrons. The van der Waals surface area contributed by atoms with Crippen LogP contribution in [0.4, 0.5) is 5.69 Å². The number of carbonyl (C=O) groups is 3. The average molecular weight is 661 g/mol. The molecule has 2 atom stereocenters. The lowest BCUT2D eigenvalue weighted by atomic mass is 9.90. The number of nitrogens with one attached hydrogen (secondary N) is 2. The number of anilines is 1. The van der Waals surface area contributed by atoms with Gasteiger partial charge in [-0.3, -0.25) is 14.4 Å². The third-order valence-corrected chi connectivity index (χ3v) is 9.71. The number of nitrogens with zero attached hydrogens (tertiary/aromatic N) is 3. The van der Waals surface area contributed by atoms with Crippen molar-refractivity contribution in [2.24, 2.45) is 11.8 Å². The molecule has 1 fully saturated rings. The zero-order valence-electron chi connectivity index (χ0n) is 26.1. The van der Waals surface area contributed by atoms with Crippen LogP contribution in [-0.2, 0) is 22.4 Å². The molecule has 6 rings (SSSR count). The Bertz CT molecular complexity index is 1750. The van der Waals surface area contributed by atoms with Crippen molar-refractivity contribution in [3.05, 3.63) is 99.7 Å². The molecule has 4 aromatic rings. The van der Waals surface area contributed by atoms with Gasteiger partial charge in [-0.25, -0.2) is 0 Å². The maximum atomic E-state index is 14.6. The van der Waals surface area contributed by atoms with Gasteiger partial charge in [-0.1, -0.05) is 53.5 Å². The first kappa shape index (κ1) is 32.1. The highest BCUT2D eigenvalue weighted by Gasteiger charge is 2.36. The van der Waals surface area contributed by atoms with Crippen molar-refractivity contribution in [1.82, 2.24) is 20.1 Å². The lowest BCUT2D eigenvalue weighted by molar-refractivity contribution is -0.131. The van der Waals surface area contributed by atoms with Gasteiger partial charge in [-0.05, 0) is 86.8 Å². The first-order valence-corrected chi connectivity index (χ1v) is 16.6. The van der Waals surface area contributed by atoms with Crippen molar-refractivity contribution >= 4 is 57.5 Å². The van der Waals surface area contributed by atoms with Crippen LogP contribution < -0.4 is 10.2 Å². The summed E-state index contributed by atoms with van der Waals surface area (Å²) < 4.78 is 0. The molecule has 0 unspecified atom stereocenters. The second-order valence-electron chi connectivity index (χ2n) is 12.7. The largest absolute Gasteiger partial charge is 0.361 e. The minimum atomic E-state index is -0.781. The number of carbonyl (C=O) groups excluding carboxylic acids is 3. The number of hydrogen-bond acceptors (Lipinski definition) is 4. The molecule has 8 nitrogen and oxygen atoms in total. The highest BCUT2D eigenvalue weighted by atomic mass is 35.5. The number of aromatic nitrogens is 1. The van der Waals surface area contributed by atoms with Crippen molar-refractivity contribution < 1.29 is 14.4 Å². The summed E-state index contributed by atoms with van der Waals surface area (Å²) in [5.41, 5.74) is 4.29. The Morgan fingerprint density at radius 3 is 2.50 bits per heavy atom. The van der Waals surface area contributed by atoms with Crippen LogP contribution in [0.1, 0.15) is 34.3 Å². The minimum absolute atomic E-state index is 0.131. The van der Waals surface area contributed by atoms with E-state index in [0.717, 1.165) is 40.7 Å². The van der Waals surface area contributed by atoms with Crippen LogP contribution in [-0.4, -0.2) is 78.8 Å². The molecule has 0 aliphatic carbocycles. The van der Waals surface area contributed by atoms with Crippen molar-refractivity contribution in [3.8, 4) is 0 Å². The maximum absolute atomic E-state index is 14.6. The predicted octanol–water partition coefficient (Wildman–Crippen LogP) is 5.82. The van der Waals surface area contributed by atoms with E-state index in [-0.39, 0.29) is 29.6 Å². The second-order valence-corrected chi connectivity index (χ2v) is 13.6. The number of benzene rings is 3. The monoisotopic (exact) mass is 659 g/mol. The number of hydrogen-bond donors (Lipinski definition) is 2. The fourth-order valence-electron chi connectivity index (χ4n) is 6.91. The Kier molecular flexibility index (Phi) is 9.68. The van der Waals surface area contributed by atoms with Crippen LogP contribution >= 0.6 is 23.2 Å².